The molecule has 0 aliphatic heterocycles. The Balaban J connectivity index is 2.23. The van der Waals surface area contributed by atoms with Gasteiger partial charge in [-0.15, -0.1) is 10.2 Å². The summed E-state index contributed by atoms with van der Waals surface area (Å²) in [6.45, 7) is 0. The topological polar surface area (TPSA) is 102 Å². The second kappa shape index (κ2) is 4.88. The minimum atomic E-state index is -3.17. The molecule has 0 bridgehead atoms. The summed E-state index contributed by atoms with van der Waals surface area (Å²) in [4.78, 5) is 10.5. The van der Waals surface area contributed by atoms with Crippen LogP contribution in [0, 0.1) is 0 Å². The number of aliphatic carboxylic acids is 1. The average Bonchev–Trinajstić information content (AvgIpc) is 2.97. The molecule has 1 saturated carbocycles. The van der Waals surface area contributed by atoms with Gasteiger partial charge in [-0.25, -0.2) is 8.42 Å². The van der Waals surface area contributed by atoms with Gasteiger partial charge in [-0.3, -0.25) is 4.79 Å². The van der Waals surface area contributed by atoms with E-state index < -0.39 is 15.8 Å². The molecule has 9 heteroatoms. The van der Waals surface area contributed by atoms with Gasteiger partial charge in [-0.1, -0.05) is 11.8 Å². The fourth-order valence-electron chi connectivity index (χ4n) is 1.56. The van der Waals surface area contributed by atoms with Crippen LogP contribution in [0.5, 0.6) is 0 Å². The van der Waals surface area contributed by atoms with Crippen LogP contribution in [0.25, 0.3) is 0 Å². The van der Waals surface area contributed by atoms with Crippen LogP contribution in [0.4, 0.5) is 0 Å². The maximum absolute atomic E-state index is 11.3. The molecule has 1 aromatic heterocycles. The van der Waals surface area contributed by atoms with E-state index >= 15 is 0 Å². The Bertz CT molecular complexity index is 562. The molecular weight excluding hydrogens is 278 g/mol. The van der Waals surface area contributed by atoms with Gasteiger partial charge in [0.25, 0.3) is 0 Å². The van der Waals surface area contributed by atoms with Crippen molar-refractivity contribution in [1.82, 2.24) is 14.8 Å². The van der Waals surface area contributed by atoms with Gasteiger partial charge in [-0.2, -0.15) is 0 Å². The van der Waals surface area contributed by atoms with E-state index in [1.54, 1.807) is 4.57 Å². The Morgan fingerprint density at radius 2 is 2.17 bits per heavy atom. The summed E-state index contributed by atoms with van der Waals surface area (Å²) >= 11 is 1.07. The highest BCUT2D eigenvalue weighted by atomic mass is 32.2. The van der Waals surface area contributed by atoms with Gasteiger partial charge < -0.3 is 9.67 Å². The third kappa shape index (κ3) is 3.45. The Morgan fingerprint density at radius 3 is 2.67 bits per heavy atom. The van der Waals surface area contributed by atoms with E-state index in [4.69, 9.17) is 5.11 Å². The Labute approximate surface area is 109 Å². The average molecular weight is 291 g/mol. The van der Waals surface area contributed by atoms with E-state index in [2.05, 4.69) is 10.2 Å². The second-order valence-electron chi connectivity index (χ2n) is 4.25. The van der Waals surface area contributed by atoms with Gasteiger partial charge in [0, 0.05) is 12.3 Å². The van der Waals surface area contributed by atoms with Crippen LogP contribution in [0.1, 0.15) is 24.7 Å². The highest BCUT2D eigenvalue weighted by molar-refractivity contribution is 7.99. The third-order valence-electron chi connectivity index (χ3n) is 2.36. The summed E-state index contributed by atoms with van der Waals surface area (Å²) < 4.78 is 24.3. The van der Waals surface area contributed by atoms with E-state index in [1.807, 2.05) is 0 Å². The molecule has 0 radical (unpaired) electrons. The van der Waals surface area contributed by atoms with E-state index in [0.717, 1.165) is 30.9 Å². The number of carboxylic acid groups (broad SMARTS) is 1. The lowest BCUT2D eigenvalue weighted by molar-refractivity contribution is -0.133. The predicted molar refractivity (Wildman–Crippen MR) is 65.2 cm³/mol. The smallest absolute Gasteiger partial charge is 0.313 e. The lowest BCUT2D eigenvalue weighted by atomic mass is 10.6. The molecule has 1 aliphatic rings. The quantitative estimate of drug-likeness (QED) is 0.754. The molecule has 0 aromatic carbocycles. The van der Waals surface area contributed by atoms with E-state index in [9.17, 15) is 13.2 Å². The zero-order valence-electron chi connectivity index (χ0n) is 9.74. The summed E-state index contributed by atoms with van der Waals surface area (Å²) in [7, 11) is -3.17. The molecule has 0 unspecified atom stereocenters. The van der Waals surface area contributed by atoms with Gasteiger partial charge in [-0.05, 0) is 12.8 Å². The van der Waals surface area contributed by atoms with Crippen LogP contribution >= 0.6 is 11.8 Å². The summed E-state index contributed by atoms with van der Waals surface area (Å²) in [6.07, 6.45) is 3.05. The maximum atomic E-state index is 11.3. The minimum Gasteiger partial charge on any atom is -0.481 e. The SMILES string of the molecule is CS(=O)(=O)Cc1nnc(SCC(=O)O)n1C1CC1. The zero-order valence-corrected chi connectivity index (χ0v) is 11.4. The van der Waals surface area contributed by atoms with Crippen molar-refractivity contribution in [1.29, 1.82) is 0 Å². The molecule has 0 saturated heterocycles. The molecule has 0 spiro atoms. The number of hydrogen-bond acceptors (Lipinski definition) is 6. The molecule has 2 rings (SSSR count). The van der Waals surface area contributed by atoms with Crippen LogP contribution in [0.15, 0.2) is 5.16 Å². The molecular formula is C9H13N3O4S2. The fraction of sp³-hybridized carbons (Fsp3) is 0.667. The van der Waals surface area contributed by atoms with Crippen molar-refractivity contribution in [3.63, 3.8) is 0 Å². The summed E-state index contributed by atoms with van der Waals surface area (Å²) in [5.41, 5.74) is 0. The number of nitrogens with zero attached hydrogens (tertiary/aromatic N) is 3. The van der Waals surface area contributed by atoms with Gasteiger partial charge in [0.1, 0.15) is 11.6 Å². The number of carboxylic acids is 1. The largest absolute Gasteiger partial charge is 0.481 e. The summed E-state index contributed by atoms with van der Waals surface area (Å²) in [5, 5.41) is 16.9. The number of carbonyl (C=O) groups is 1. The van der Waals surface area contributed by atoms with Gasteiger partial charge in [0.05, 0.1) is 5.75 Å². The Hall–Kier alpha value is -1.09. The van der Waals surface area contributed by atoms with Crippen LogP contribution in [-0.4, -0.2) is 46.3 Å². The molecule has 1 aromatic rings. The number of thioether (sulfide) groups is 1. The molecule has 100 valence electrons. The lowest BCUT2D eigenvalue weighted by Crippen LogP contribution is -2.09. The molecule has 0 atom stereocenters. The van der Waals surface area contributed by atoms with Crippen molar-refractivity contribution in [3.05, 3.63) is 5.82 Å². The van der Waals surface area contributed by atoms with Gasteiger partial charge in [0.2, 0.25) is 0 Å². The number of sulfone groups is 1. The standard InChI is InChI=1S/C9H13N3O4S2/c1-18(15,16)5-7-10-11-9(17-4-8(13)14)12(7)6-2-3-6/h6H,2-5H2,1H3,(H,13,14). The monoisotopic (exact) mass is 291 g/mol. The van der Waals surface area contributed by atoms with Gasteiger partial charge >= 0.3 is 5.97 Å². The highest BCUT2D eigenvalue weighted by Crippen LogP contribution is 2.38. The van der Waals surface area contributed by atoms with E-state index in [-0.39, 0.29) is 17.5 Å². The predicted octanol–water partition coefficient (Wildman–Crippen LogP) is 0.334. The van der Waals surface area contributed by atoms with E-state index in [0.29, 0.717) is 11.0 Å². The Morgan fingerprint density at radius 1 is 1.50 bits per heavy atom. The van der Waals surface area contributed by atoms with Crippen LogP contribution in [0.2, 0.25) is 0 Å². The summed E-state index contributed by atoms with van der Waals surface area (Å²) in [6, 6.07) is 0.216. The molecule has 7 nitrogen and oxygen atoms in total. The molecule has 0 amide bonds. The molecule has 1 aliphatic carbocycles. The minimum absolute atomic E-state index is 0.107. The molecule has 1 fully saturated rings. The van der Waals surface area contributed by atoms with Crippen LogP contribution in [-0.2, 0) is 20.4 Å². The lowest BCUT2D eigenvalue weighted by Gasteiger charge is -2.07. The maximum Gasteiger partial charge on any atom is 0.313 e. The summed E-state index contributed by atoms with van der Waals surface area (Å²) in [5.74, 6) is -0.809. The number of rotatable bonds is 6. The third-order valence-corrected chi connectivity index (χ3v) is 4.07. The Kier molecular flexibility index (Phi) is 3.62. The van der Waals surface area contributed by atoms with Crippen molar-refractivity contribution in [2.75, 3.05) is 12.0 Å². The first-order chi connectivity index (χ1) is 8.37. The van der Waals surface area contributed by atoms with Crippen molar-refractivity contribution in [2.24, 2.45) is 0 Å². The first-order valence-electron chi connectivity index (χ1n) is 5.33. The normalized spacial score (nSPS) is 15.8. The van der Waals surface area contributed by atoms with Crippen molar-refractivity contribution >= 4 is 27.6 Å². The number of aromatic nitrogens is 3. The molecule has 1 heterocycles. The zero-order chi connectivity index (χ0) is 13.3. The second-order valence-corrected chi connectivity index (χ2v) is 7.34. The van der Waals surface area contributed by atoms with Crippen molar-refractivity contribution in [2.45, 2.75) is 29.8 Å². The molecule has 18 heavy (non-hydrogen) atoms. The van der Waals surface area contributed by atoms with Crippen molar-refractivity contribution in [3.8, 4) is 0 Å². The van der Waals surface area contributed by atoms with Crippen molar-refractivity contribution < 1.29 is 18.3 Å². The van der Waals surface area contributed by atoms with Gasteiger partial charge in [0.15, 0.2) is 15.0 Å². The highest BCUT2D eigenvalue weighted by Gasteiger charge is 2.30. The molecule has 1 N–H and O–H groups in total. The number of hydrogen-bond donors (Lipinski definition) is 1. The fourth-order valence-corrected chi connectivity index (χ4v) is 2.98. The van der Waals surface area contributed by atoms with Crippen LogP contribution < -0.4 is 0 Å². The van der Waals surface area contributed by atoms with Crippen LogP contribution in [0.3, 0.4) is 0 Å². The first kappa shape index (κ1) is 13.3. The first-order valence-corrected chi connectivity index (χ1v) is 8.37. The van der Waals surface area contributed by atoms with E-state index in [1.165, 1.54) is 0 Å².